The molecule has 5 heteroatoms. The molecule has 0 aromatic heterocycles. The Kier molecular flexibility index (Phi) is 3.45. The zero-order chi connectivity index (χ0) is 12.4. The minimum atomic E-state index is -0.448. The molecule has 1 unspecified atom stereocenters. The quantitative estimate of drug-likeness (QED) is 0.800. The second kappa shape index (κ2) is 4.85. The van der Waals surface area contributed by atoms with Gasteiger partial charge in [0.15, 0.2) is 0 Å². The highest BCUT2D eigenvalue weighted by atomic mass is 35.5. The summed E-state index contributed by atoms with van der Waals surface area (Å²) in [5.74, 6) is -0.491. The van der Waals surface area contributed by atoms with Gasteiger partial charge in [0, 0.05) is 11.1 Å². The van der Waals surface area contributed by atoms with Crippen molar-refractivity contribution in [1.29, 1.82) is 0 Å². The van der Waals surface area contributed by atoms with E-state index in [9.17, 15) is 9.59 Å². The van der Waals surface area contributed by atoms with Gasteiger partial charge in [-0.2, -0.15) is 0 Å². The minimum Gasteiger partial charge on any atom is -0.299 e. The molecule has 1 heterocycles. The number of amides is 2. The number of hydrogen-bond donors (Lipinski definition) is 2. The van der Waals surface area contributed by atoms with Crippen LogP contribution >= 0.6 is 11.6 Å². The second-order valence-corrected chi connectivity index (χ2v) is 4.55. The molecule has 0 radical (unpaired) electrons. The molecule has 2 rings (SSSR count). The topological polar surface area (TPSA) is 58.2 Å². The molecule has 17 heavy (non-hydrogen) atoms. The third-order valence-corrected chi connectivity index (χ3v) is 3.00. The molecular weight excluding hydrogens is 240 g/mol. The Morgan fingerprint density at radius 2 is 2.24 bits per heavy atom. The maximum atomic E-state index is 11.4. The largest absolute Gasteiger partial charge is 0.299 e. The van der Waals surface area contributed by atoms with Crippen molar-refractivity contribution < 1.29 is 9.59 Å². The molecule has 1 saturated heterocycles. The molecule has 2 amide bonds. The van der Waals surface area contributed by atoms with Crippen molar-refractivity contribution in [1.82, 2.24) is 10.6 Å². The molecule has 4 nitrogen and oxygen atoms in total. The van der Waals surface area contributed by atoms with Crippen LogP contribution in [0.25, 0.3) is 0 Å². The summed E-state index contributed by atoms with van der Waals surface area (Å²) in [4.78, 5) is 22.4. The normalized spacial score (nSPS) is 21.4. The van der Waals surface area contributed by atoms with Crippen molar-refractivity contribution in [2.75, 3.05) is 0 Å². The number of imide groups is 1. The molecule has 2 N–H and O–H groups in total. The summed E-state index contributed by atoms with van der Waals surface area (Å²) >= 11 is 5.90. The van der Waals surface area contributed by atoms with Crippen LogP contribution in [-0.2, 0) is 9.59 Å². The summed E-state index contributed by atoms with van der Waals surface area (Å²) in [6, 6.07) is 6.94. The highest BCUT2D eigenvalue weighted by molar-refractivity contribution is 6.30. The molecule has 90 valence electrons. The van der Waals surface area contributed by atoms with Crippen LogP contribution < -0.4 is 10.6 Å². The van der Waals surface area contributed by atoms with Crippen molar-refractivity contribution in [3.8, 4) is 0 Å². The summed E-state index contributed by atoms with van der Waals surface area (Å²) < 4.78 is 0. The Bertz CT molecular complexity index is 462. The van der Waals surface area contributed by atoms with Crippen LogP contribution in [0.1, 0.15) is 24.9 Å². The number of rotatable bonds is 3. The van der Waals surface area contributed by atoms with Gasteiger partial charge in [-0.15, -0.1) is 0 Å². The van der Waals surface area contributed by atoms with Gasteiger partial charge in [0.05, 0.1) is 12.5 Å². The molecule has 0 saturated carbocycles. The molecule has 2 atom stereocenters. The molecule has 0 spiro atoms. The first-order valence-corrected chi connectivity index (χ1v) is 5.79. The van der Waals surface area contributed by atoms with E-state index in [0.717, 1.165) is 5.56 Å². The van der Waals surface area contributed by atoms with Crippen molar-refractivity contribution in [2.24, 2.45) is 0 Å². The van der Waals surface area contributed by atoms with Crippen LogP contribution in [0.3, 0.4) is 0 Å². The standard InChI is InChI=1S/C12H13ClN2O2/c1-7(8-3-2-4-9(13)5-8)14-10-6-11(16)15-12(10)17/h2-5,7,10,14H,6H2,1H3,(H,15,16,17)/t7-,10?/m0/s1. The Morgan fingerprint density at radius 1 is 1.47 bits per heavy atom. The van der Waals surface area contributed by atoms with E-state index in [1.165, 1.54) is 0 Å². The van der Waals surface area contributed by atoms with Gasteiger partial charge in [0.2, 0.25) is 11.8 Å². The van der Waals surface area contributed by atoms with Crippen molar-refractivity contribution >= 4 is 23.4 Å². The van der Waals surface area contributed by atoms with Crippen molar-refractivity contribution in [2.45, 2.75) is 25.4 Å². The summed E-state index contributed by atoms with van der Waals surface area (Å²) in [5, 5.41) is 6.04. The average Bonchev–Trinajstić information content (AvgIpc) is 2.57. The van der Waals surface area contributed by atoms with E-state index >= 15 is 0 Å². The van der Waals surface area contributed by atoms with Gasteiger partial charge in [-0.3, -0.25) is 20.2 Å². The number of benzene rings is 1. The Labute approximate surface area is 104 Å². The molecule has 0 bridgehead atoms. The van der Waals surface area contributed by atoms with Gasteiger partial charge < -0.3 is 0 Å². The van der Waals surface area contributed by atoms with E-state index in [2.05, 4.69) is 10.6 Å². The molecule has 0 aliphatic carbocycles. The highest BCUT2D eigenvalue weighted by Gasteiger charge is 2.31. The third-order valence-electron chi connectivity index (χ3n) is 2.77. The van der Waals surface area contributed by atoms with E-state index in [4.69, 9.17) is 11.6 Å². The minimum absolute atomic E-state index is 0.0321. The number of carbonyl (C=O) groups is 2. The average molecular weight is 253 g/mol. The Hall–Kier alpha value is -1.39. The lowest BCUT2D eigenvalue weighted by Crippen LogP contribution is -2.37. The summed E-state index contributed by atoms with van der Waals surface area (Å²) in [6.07, 6.45) is 0.198. The number of carbonyl (C=O) groups excluding carboxylic acids is 2. The fraction of sp³-hybridized carbons (Fsp3) is 0.333. The molecular formula is C12H13ClN2O2. The first-order valence-electron chi connectivity index (χ1n) is 5.41. The van der Waals surface area contributed by atoms with E-state index < -0.39 is 6.04 Å². The van der Waals surface area contributed by atoms with Crippen LogP contribution in [0.4, 0.5) is 0 Å². The van der Waals surface area contributed by atoms with Crippen LogP contribution in [0.5, 0.6) is 0 Å². The first-order chi connectivity index (χ1) is 8.06. The summed E-state index contributed by atoms with van der Waals surface area (Å²) in [6.45, 7) is 1.93. The predicted octanol–water partition coefficient (Wildman–Crippen LogP) is 1.41. The van der Waals surface area contributed by atoms with E-state index in [1.54, 1.807) is 6.07 Å². The zero-order valence-electron chi connectivity index (χ0n) is 9.37. The Morgan fingerprint density at radius 3 is 2.82 bits per heavy atom. The number of hydrogen-bond acceptors (Lipinski definition) is 3. The van der Waals surface area contributed by atoms with Crippen LogP contribution in [0.15, 0.2) is 24.3 Å². The monoisotopic (exact) mass is 252 g/mol. The zero-order valence-corrected chi connectivity index (χ0v) is 10.1. The maximum Gasteiger partial charge on any atom is 0.244 e. The molecule has 1 aliphatic heterocycles. The van der Waals surface area contributed by atoms with Gasteiger partial charge in [-0.05, 0) is 24.6 Å². The maximum absolute atomic E-state index is 11.4. The lowest BCUT2D eigenvalue weighted by molar-refractivity contribution is -0.125. The third kappa shape index (κ3) is 2.84. The molecule has 1 fully saturated rings. The number of halogens is 1. The van der Waals surface area contributed by atoms with Gasteiger partial charge >= 0.3 is 0 Å². The summed E-state index contributed by atoms with van der Waals surface area (Å²) in [7, 11) is 0. The smallest absolute Gasteiger partial charge is 0.244 e. The van der Waals surface area contributed by atoms with E-state index in [-0.39, 0.29) is 24.3 Å². The van der Waals surface area contributed by atoms with E-state index in [0.29, 0.717) is 5.02 Å². The van der Waals surface area contributed by atoms with Gasteiger partial charge in [0.25, 0.3) is 0 Å². The van der Waals surface area contributed by atoms with Crippen LogP contribution in [-0.4, -0.2) is 17.9 Å². The lowest BCUT2D eigenvalue weighted by Gasteiger charge is -2.17. The fourth-order valence-electron chi connectivity index (χ4n) is 1.86. The first kappa shape index (κ1) is 12.1. The van der Waals surface area contributed by atoms with Gasteiger partial charge in [-0.25, -0.2) is 0 Å². The number of nitrogens with one attached hydrogen (secondary N) is 2. The molecule has 1 aromatic carbocycles. The molecule has 1 aliphatic rings. The van der Waals surface area contributed by atoms with Gasteiger partial charge in [-0.1, -0.05) is 23.7 Å². The van der Waals surface area contributed by atoms with Crippen LogP contribution in [0.2, 0.25) is 5.02 Å². The SMILES string of the molecule is C[C@H](NC1CC(=O)NC1=O)c1cccc(Cl)c1. The highest BCUT2D eigenvalue weighted by Crippen LogP contribution is 2.18. The van der Waals surface area contributed by atoms with E-state index in [1.807, 2.05) is 25.1 Å². The summed E-state index contributed by atoms with van der Waals surface area (Å²) in [5.41, 5.74) is 0.990. The van der Waals surface area contributed by atoms with Gasteiger partial charge in [0.1, 0.15) is 0 Å². The fourth-order valence-corrected chi connectivity index (χ4v) is 2.06. The van der Waals surface area contributed by atoms with Crippen LogP contribution in [0, 0.1) is 0 Å². The second-order valence-electron chi connectivity index (χ2n) is 4.11. The van der Waals surface area contributed by atoms with Crippen molar-refractivity contribution in [3.63, 3.8) is 0 Å². The Balaban J connectivity index is 2.04. The molecule has 1 aromatic rings. The lowest BCUT2D eigenvalue weighted by atomic mass is 10.1. The predicted molar refractivity (Wildman–Crippen MR) is 64.6 cm³/mol. The van der Waals surface area contributed by atoms with Crippen molar-refractivity contribution in [3.05, 3.63) is 34.9 Å².